The van der Waals surface area contributed by atoms with Crippen molar-refractivity contribution in [3.8, 4) is 0 Å². The van der Waals surface area contributed by atoms with E-state index in [1.165, 1.54) is 5.56 Å². The van der Waals surface area contributed by atoms with Gasteiger partial charge in [-0.25, -0.2) is 0 Å². The maximum Gasteiger partial charge on any atom is 0.251 e. The largest absolute Gasteiger partial charge is 0.352 e. The fraction of sp³-hybridized carbons (Fsp3) is 0.450. The van der Waals surface area contributed by atoms with Crippen LogP contribution in [0.2, 0.25) is 0 Å². The third-order valence-corrected chi connectivity index (χ3v) is 4.50. The highest BCUT2D eigenvalue weighted by molar-refractivity contribution is 14.0. The minimum Gasteiger partial charge on any atom is -0.352 e. The second kappa shape index (κ2) is 11.7. The van der Waals surface area contributed by atoms with Gasteiger partial charge >= 0.3 is 0 Å². The van der Waals surface area contributed by atoms with E-state index >= 15 is 0 Å². The zero-order valence-corrected chi connectivity index (χ0v) is 19.6. The minimum absolute atomic E-state index is 0. The van der Waals surface area contributed by atoms with E-state index < -0.39 is 0 Å². The molecule has 0 radical (unpaired) electrons. The number of amides is 1. The van der Waals surface area contributed by atoms with E-state index in [0.717, 1.165) is 23.4 Å². The van der Waals surface area contributed by atoms with Crippen molar-refractivity contribution >= 4 is 35.8 Å². The molecule has 8 heteroatoms. The van der Waals surface area contributed by atoms with Crippen LogP contribution in [0.25, 0.3) is 0 Å². The Morgan fingerprint density at radius 1 is 1.18 bits per heavy atom. The van der Waals surface area contributed by atoms with E-state index in [-0.39, 0.29) is 29.9 Å². The average molecular weight is 498 g/mol. The molecule has 1 aromatic carbocycles. The molecule has 0 saturated carbocycles. The Kier molecular flexibility index (Phi) is 9.98. The van der Waals surface area contributed by atoms with Gasteiger partial charge in [0.25, 0.3) is 5.91 Å². The Hall–Kier alpha value is -2.10. The van der Waals surface area contributed by atoms with Crippen molar-refractivity contribution in [2.75, 3.05) is 13.6 Å². The zero-order chi connectivity index (χ0) is 19.8. The molecule has 0 bridgehead atoms. The lowest BCUT2D eigenvalue weighted by atomic mass is 10.1. The van der Waals surface area contributed by atoms with Crippen LogP contribution in [0.3, 0.4) is 0 Å². The molecule has 1 aromatic heterocycles. The molecule has 2 aromatic rings. The summed E-state index contributed by atoms with van der Waals surface area (Å²) < 4.78 is 1.89. The average Bonchev–Trinajstić information content (AvgIpc) is 2.92. The minimum atomic E-state index is -0.0382. The summed E-state index contributed by atoms with van der Waals surface area (Å²) >= 11 is 0. The molecule has 2 rings (SSSR count). The number of aliphatic imine (C=N–C) groups is 1. The molecule has 1 amide bonds. The smallest absolute Gasteiger partial charge is 0.251 e. The van der Waals surface area contributed by atoms with Gasteiger partial charge in [0.05, 0.1) is 5.69 Å². The van der Waals surface area contributed by atoms with Crippen molar-refractivity contribution in [3.05, 3.63) is 52.3 Å². The van der Waals surface area contributed by atoms with E-state index in [1.54, 1.807) is 7.05 Å². The molecule has 7 nitrogen and oxygen atoms in total. The second-order valence-electron chi connectivity index (χ2n) is 6.51. The van der Waals surface area contributed by atoms with E-state index in [0.29, 0.717) is 31.2 Å². The first-order chi connectivity index (χ1) is 13.0. The van der Waals surface area contributed by atoms with Crippen LogP contribution < -0.4 is 16.0 Å². The topological polar surface area (TPSA) is 83.3 Å². The molecular weight excluding hydrogens is 467 g/mol. The van der Waals surface area contributed by atoms with Gasteiger partial charge in [-0.1, -0.05) is 19.1 Å². The van der Waals surface area contributed by atoms with E-state index in [9.17, 15) is 4.79 Å². The van der Waals surface area contributed by atoms with Crippen molar-refractivity contribution in [2.45, 2.75) is 40.3 Å². The maximum absolute atomic E-state index is 12.1. The van der Waals surface area contributed by atoms with Crippen LogP contribution in [0.1, 0.15) is 46.2 Å². The summed E-state index contributed by atoms with van der Waals surface area (Å²) in [6.07, 6.45) is 0.921. The summed E-state index contributed by atoms with van der Waals surface area (Å²) in [5.41, 5.74) is 5.03. The lowest BCUT2D eigenvalue weighted by Gasteiger charge is -2.13. The van der Waals surface area contributed by atoms with Gasteiger partial charge < -0.3 is 16.0 Å². The monoisotopic (exact) mass is 498 g/mol. The molecule has 0 aliphatic heterocycles. The fourth-order valence-corrected chi connectivity index (χ4v) is 2.81. The molecule has 0 saturated heterocycles. The predicted molar refractivity (Wildman–Crippen MR) is 124 cm³/mol. The SMILES string of the molecule is CCCNC(=O)c1cccc(CNC(=NC)NCc2c(C)nn(C)c2C)c1.I. The number of hydrogen-bond donors (Lipinski definition) is 3. The number of nitrogens with one attached hydrogen (secondary N) is 3. The van der Waals surface area contributed by atoms with Gasteiger partial charge in [-0.05, 0) is 38.0 Å². The summed E-state index contributed by atoms with van der Waals surface area (Å²) in [7, 11) is 3.69. The second-order valence-corrected chi connectivity index (χ2v) is 6.51. The van der Waals surface area contributed by atoms with Gasteiger partial charge in [-0.15, -0.1) is 24.0 Å². The van der Waals surface area contributed by atoms with Gasteiger partial charge in [0.15, 0.2) is 5.96 Å². The Bertz CT molecular complexity index is 815. The van der Waals surface area contributed by atoms with Crippen molar-refractivity contribution in [3.63, 3.8) is 0 Å². The molecule has 0 aliphatic rings. The normalized spacial score (nSPS) is 11.0. The highest BCUT2D eigenvalue weighted by Crippen LogP contribution is 2.11. The van der Waals surface area contributed by atoms with Gasteiger partial charge in [-0.2, -0.15) is 5.10 Å². The van der Waals surface area contributed by atoms with Crippen LogP contribution in [0.15, 0.2) is 29.3 Å². The van der Waals surface area contributed by atoms with Crippen molar-refractivity contribution in [2.24, 2.45) is 12.0 Å². The van der Waals surface area contributed by atoms with Gasteiger partial charge in [0.1, 0.15) is 0 Å². The molecule has 0 fully saturated rings. The van der Waals surface area contributed by atoms with Crippen molar-refractivity contribution < 1.29 is 4.79 Å². The third kappa shape index (κ3) is 6.50. The first-order valence-electron chi connectivity index (χ1n) is 9.27. The number of carbonyl (C=O) groups excluding carboxylic acids is 1. The molecule has 28 heavy (non-hydrogen) atoms. The zero-order valence-electron chi connectivity index (χ0n) is 17.3. The van der Waals surface area contributed by atoms with Crippen LogP contribution in [0, 0.1) is 13.8 Å². The fourth-order valence-electron chi connectivity index (χ4n) is 2.81. The molecule has 0 atom stereocenters. The van der Waals surface area contributed by atoms with Crippen LogP contribution in [0.4, 0.5) is 0 Å². The Labute approximate surface area is 184 Å². The lowest BCUT2D eigenvalue weighted by molar-refractivity contribution is 0.0953. The Balaban J connectivity index is 0.00000392. The summed E-state index contributed by atoms with van der Waals surface area (Å²) in [4.78, 5) is 16.4. The first-order valence-corrected chi connectivity index (χ1v) is 9.27. The summed E-state index contributed by atoms with van der Waals surface area (Å²) in [5, 5.41) is 13.9. The molecule has 0 spiro atoms. The van der Waals surface area contributed by atoms with E-state index in [2.05, 4.69) is 33.0 Å². The van der Waals surface area contributed by atoms with Gasteiger partial charge in [0.2, 0.25) is 0 Å². The van der Waals surface area contributed by atoms with Crippen molar-refractivity contribution in [1.29, 1.82) is 0 Å². The highest BCUT2D eigenvalue weighted by Gasteiger charge is 2.10. The van der Waals surface area contributed by atoms with Crippen LogP contribution in [-0.2, 0) is 20.1 Å². The Morgan fingerprint density at radius 2 is 1.89 bits per heavy atom. The molecule has 0 unspecified atom stereocenters. The van der Waals surface area contributed by atoms with Crippen molar-refractivity contribution in [1.82, 2.24) is 25.7 Å². The first kappa shape index (κ1) is 23.9. The lowest BCUT2D eigenvalue weighted by Crippen LogP contribution is -2.36. The number of nitrogens with zero attached hydrogens (tertiary/aromatic N) is 3. The number of rotatable bonds is 7. The quantitative estimate of drug-likeness (QED) is 0.312. The van der Waals surface area contributed by atoms with Crippen LogP contribution in [0.5, 0.6) is 0 Å². The van der Waals surface area contributed by atoms with Gasteiger partial charge in [-0.3, -0.25) is 14.5 Å². The molecule has 3 N–H and O–H groups in total. The number of benzene rings is 1. The summed E-state index contributed by atoms with van der Waals surface area (Å²) in [6, 6.07) is 7.62. The van der Waals surface area contributed by atoms with Crippen LogP contribution >= 0.6 is 24.0 Å². The Morgan fingerprint density at radius 3 is 2.50 bits per heavy atom. The van der Waals surface area contributed by atoms with Crippen LogP contribution in [-0.4, -0.2) is 35.2 Å². The molecule has 1 heterocycles. The summed E-state index contributed by atoms with van der Waals surface area (Å²) in [5.74, 6) is 0.669. The summed E-state index contributed by atoms with van der Waals surface area (Å²) in [6.45, 7) is 8.03. The number of carbonyl (C=O) groups is 1. The number of guanidine groups is 1. The molecular formula is C20H31IN6O. The maximum atomic E-state index is 12.1. The highest BCUT2D eigenvalue weighted by atomic mass is 127. The van der Waals surface area contributed by atoms with E-state index in [1.807, 2.05) is 49.8 Å². The molecule has 0 aliphatic carbocycles. The predicted octanol–water partition coefficient (Wildman–Crippen LogP) is 2.66. The van der Waals surface area contributed by atoms with Gasteiger partial charge in [0, 0.05) is 50.6 Å². The standard InChI is InChI=1S/C20H30N6O.HI/c1-6-10-22-19(27)17-9-7-8-16(11-17)12-23-20(21-4)24-13-18-14(2)25-26(5)15(18)3;/h7-9,11H,6,10,12-13H2,1-5H3,(H,22,27)(H2,21,23,24);1H. The molecule has 154 valence electrons. The third-order valence-electron chi connectivity index (χ3n) is 4.50. The number of aromatic nitrogens is 2. The van der Waals surface area contributed by atoms with E-state index in [4.69, 9.17) is 0 Å². The number of aryl methyl sites for hydroxylation is 2. The number of hydrogen-bond acceptors (Lipinski definition) is 3. The number of halogens is 1.